The van der Waals surface area contributed by atoms with Crippen molar-refractivity contribution in [2.24, 2.45) is 4.99 Å². The molecular weight excluding hydrogens is 336 g/mol. The topological polar surface area (TPSA) is 94.7 Å². The highest BCUT2D eigenvalue weighted by molar-refractivity contribution is 7.73. The van der Waals surface area contributed by atoms with Crippen molar-refractivity contribution in [3.8, 4) is 5.88 Å². The van der Waals surface area contributed by atoms with Crippen LogP contribution in [0.15, 0.2) is 23.2 Å². The van der Waals surface area contributed by atoms with E-state index in [0.717, 1.165) is 21.5 Å². The maximum atomic E-state index is 12.2. The number of rotatable bonds is 3. The molecule has 0 aliphatic carbocycles. The van der Waals surface area contributed by atoms with E-state index in [0.29, 0.717) is 10.6 Å². The molecule has 23 heavy (non-hydrogen) atoms. The number of hydrogen-bond acceptors (Lipinski definition) is 6. The number of benzene rings is 1. The highest BCUT2D eigenvalue weighted by atomic mass is 32.1. The summed E-state index contributed by atoms with van der Waals surface area (Å²) in [4.78, 5) is 27.5. The van der Waals surface area contributed by atoms with Gasteiger partial charge in [0, 0.05) is 5.22 Å². The largest absolute Gasteiger partial charge is 0.548 e. The first-order valence-electron chi connectivity index (χ1n) is 6.71. The second-order valence-corrected chi connectivity index (χ2v) is 6.84. The molecule has 1 aliphatic heterocycles. The van der Waals surface area contributed by atoms with Crippen molar-refractivity contribution in [1.82, 2.24) is 4.57 Å². The van der Waals surface area contributed by atoms with Crippen LogP contribution >= 0.6 is 23.6 Å². The van der Waals surface area contributed by atoms with E-state index in [1.54, 1.807) is 12.1 Å². The lowest BCUT2D eigenvalue weighted by atomic mass is 10.1. The summed E-state index contributed by atoms with van der Waals surface area (Å²) >= 11 is 6.11. The fraction of sp³-hybridized carbons (Fsp3) is 0.200. The molecular formula is C15H11N2O4S2-. The lowest BCUT2D eigenvalue weighted by molar-refractivity contribution is -0.309. The quantitative estimate of drug-likeness (QED) is 0.787. The number of carbonyl (C=O) groups is 2. The Morgan fingerprint density at radius 1 is 1.48 bits per heavy atom. The van der Waals surface area contributed by atoms with Crippen molar-refractivity contribution in [3.05, 3.63) is 43.2 Å². The first-order chi connectivity index (χ1) is 10.8. The van der Waals surface area contributed by atoms with Gasteiger partial charge >= 0.3 is 0 Å². The van der Waals surface area contributed by atoms with Crippen molar-refractivity contribution in [2.75, 3.05) is 0 Å². The third-order valence-electron chi connectivity index (χ3n) is 3.63. The van der Waals surface area contributed by atoms with E-state index in [1.165, 1.54) is 6.92 Å². The van der Waals surface area contributed by atoms with Gasteiger partial charge in [-0.3, -0.25) is 9.36 Å². The number of amides is 1. The van der Waals surface area contributed by atoms with Gasteiger partial charge in [0.1, 0.15) is 4.88 Å². The Labute approximate surface area is 139 Å². The Bertz CT molecular complexity index is 1030. The second-order valence-electron chi connectivity index (χ2n) is 5.20. The molecule has 6 nitrogen and oxygen atoms in total. The number of aryl methyl sites for hydroxylation is 1. The number of carboxylic acids is 1. The number of nitrogens with zero attached hydrogens (tertiary/aromatic N) is 2. The molecule has 1 atom stereocenters. The van der Waals surface area contributed by atoms with Crippen LogP contribution in [0.4, 0.5) is 0 Å². The van der Waals surface area contributed by atoms with Crippen LogP contribution in [0.1, 0.15) is 23.4 Å². The lowest BCUT2D eigenvalue weighted by Crippen LogP contribution is -2.31. The minimum Gasteiger partial charge on any atom is -0.548 e. The Morgan fingerprint density at radius 3 is 2.83 bits per heavy atom. The molecule has 1 amide bonds. The fourth-order valence-electron chi connectivity index (χ4n) is 2.44. The number of hydrogen-bond donors (Lipinski definition) is 1. The molecule has 0 saturated heterocycles. The summed E-state index contributed by atoms with van der Waals surface area (Å²) in [5.41, 5.74) is 1.18. The summed E-state index contributed by atoms with van der Waals surface area (Å²) in [5, 5.41) is 22.6. The molecule has 0 radical (unpaired) electrons. The van der Waals surface area contributed by atoms with Crippen molar-refractivity contribution >= 4 is 41.0 Å². The number of aromatic hydroxyl groups is 1. The zero-order valence-corrected chi connectivity index (χ0v) is 13.8. The molecule has 2 heterocycles. The average molecular weight is 347 g/mol. The number of thiazole rings is 1. The Morgan fingerprint density at radius 2 is 2.17 bits per heavy atom. The van der Waals surface area contributed by atoms with Crippen LogP contribution in [-0.4, -0.2) is 21.6 Å². The average Bonchev–Trinajstić information content (AvgIpc) is 2.94. The zero-order chi connectivity index (χ0) is 16.9. The third-order valence-corrected chi connectivity index (χ3v) is 5.04. The lowest BCUT2D eigenvalue weighted by Gasteiger charge is -2.15. The van der Waals surface area contributed by atoms with E-state index in [-0.39, 0.29) is 20.3 Å². The Balaban J connectivity index is 2.33. The van der Waals surface area contributed by atoms with Gasteiger partial charge < -0.3 is 15.0 Å². The molecule has 1 aromatic heterocycles. The van der Waals surface area contributed by atoms with Crippen molar-refractivity contribution in [1.29, 1.82) is 0 Å². The standard InChI is InChI=1S/C15H12N2O4S2/c1-6-3-4-9-8(5-6)10(12(18)16-9)11-13(19)17(15(22)23-11)7(2)14(20)21/h3-5,7,19H,1-2H3,(H,20,21)/p-1/t7-/m1/s1. The summed E-state index contributed by atoms with van der Waals surface area (Å²) in [7, 11) is 0. The first-order valence-corrected chi connectivity index (χ1v) is 7.93. The summed E-state index contributed by atoms with van der Waals surface area (Å²) in [5.74, 6) is -2.21. The number of aromatic nitrogens is 1. The minimum atomic E-state index is -1.37. The van der Waals surface area contributed by atoms with Crippen molar-refractivity contribution in [2.45, 2.75) is 19.9 Å². The predicted molar refractivity (Wildman–Crippen MR) is 84.0 cm³/mol. The van der Waals surface area contributed by atoms with Gasteiger partial charge in [0.2, 0.25) is 5.88 Å². The highest BCUT2D eigenvalue weighted by Crippen LogP contribution is 2.34. The van der Waals surface area contributed by atoms with Gasteiger partial charge in [-0.2, -0.15) is 0 Å². The van der Waals surface area contributed by atoms with Crippen LogP contribution in [0.5, 0.6) is 5.88 Å². The monoisotopic (exact) mass is 347 g/mol. The molecule has 0 bridgehead atoms. The molecule has 0 saturated carbocycles. The smallest absolute Gasteiger partial charge is 0.279 e. The minimum absolute atomic E-state index is 0.149. The SMILES string of the molecule is Cc1ccc2c(c1)=C(c1sc(=S)n([C@H](C)C(=O)[O-])c1O)C(=O)N=2. The molecule has 3 rings (SSSR count). The predicted octanol–water partition coefficient (Wildman–Crippen LogP) is -0.0372. The van der Waals surface area contributed by atoms with Crippen molar-refractivity contribution < 1.29 is 19.8 Å². The third kappa shape index (κ3) is 2.40. The fourth-order valence-corrected chi connectivity index (χ4v) is 3.94. The van der Waals surface area contributed by atoms with Gasteiger partial charge in [-0.05, 0) is 38.2 Å². The summed E-state index contributed by atoms with van der Waals surface area (Å²) < 4.78 is 1.22. The van der Waals surface area contributed by atoms with Gasteiger partial charge in [0.05, 0.1) is 22.9 Å². The summed E-state index contributed by atoms with van der Waals surface area (Å²) in [6, 6.07) is 4.22. The number of carbonyl (C=O) groups excluding carboxylic acids is 2. The molecule has 1 aromatic carbocycles. The van der Waals surface area contributed by atoms with Crippen LogP contribution in [0.25, 0.3) is 5.57 Å². The molecule has 1 aliphatic rings. The summed E-state index contributed by atoms with van der Waals surface area (Å²) in [6.45, 7) is 3.23. The first kappa shape index (κ1) is 15.6. The second kappa shape index (κ2) is 5.39. The number of fused-ring (bicyclic) bond motifs is 1. The normalized spacial score (nSPS) is 14.5. The van der Waals surface area contributed by atoms with Crippen LogP contribution in [0.2, 0.25) is 0 Å². The van der Waals surface area contributed by atoms with Gasteiger partial charge in [-0.25, -0.2) is 4.99 Å². The van der Waals surface area contributed by atoms with Crippen LogP contribution < -0.4 is 15.7 Å². The zero-order valence-electron chi connectivity index (χ0n) is 12.2. The molecule has 0 spiro atoms. The van der Waals surface area contributed by atoms with Gasteiger partial charge in [-0.15, -0.1) is 11.3 Å². The Hall–Kier alpha value is -2.32. The van der Waals surface area contributed by atoms with E-state index in [1.807, 2.05) is 13.0 Å². The molecule has 0 unspecified atom stereocenters. The van der Waals surface area contributed by atoms with E-state index in [4.69, 9.17) is 12.2 Å². The van der Waals surface area contributed by atoms with Crippen LogP contribution in [0, 0.1) is 10.9 Å². The van der Waals surface area contributed by atoms with E-state index < -0.39 is 17.9 Å². The molecule has 118 valence electrons. The molecule has 8 heteroatoms. The maximum Gasteiger partial charge on any atom is 0.279 e. The van der Waals surface area contributed by atoms with E-state index >= 15 is 0 Å². The van der Waals surface area contributed by atoms with Crippen LogP contribution in [0.3, 0.4) is 0 Å². The summed E-state index contributed by atoms with van der Waals surface area (Å²) in [6.07, 6.45) is 0. The molecule has 2 aromatic rings. The number of aliphatic carboxylic acids is 1. The molecule has 1 N–H and O–H groups in total. The number of carboxylic acid groups (broad SMARTS) is 1. The van der Waals surface area contributed by atoms with Crippen molar-refractivity contribution in [3.63, 3.8) is 0 Å². The molecule has 0 fully saturated rings. The highest BCUT2D eigenvalue weighted by Gasteiger charge is 2.26. The van der Waals surface area contributed by atoms with E-state index in [9.17, 15) is 19.8 Å². The maximum absolute atomic E-state index is 12.2. The van der Waals surface area contributed by atoms with Crippen LogP contribution in [-0.2, 0) is 9.59 Å². The van der Waals surface area contributed by atoms with Gasteiger partial charge in [0.25, 0.3) is 5.91 Å². The van der Waals surface area contributed by atoms with Gasteiger partial charge in [0.15, 0.2) is 3.95 Å². The Kier molecular flexibility index (Phi) is 3.65. The van der Waals surface area contributed by atoms with E-state index in [2.05, 4.69) is 4.99 Å². The van der Waals surface area contributed by atoms with Gasteiger partial charge in [-0.1, -0.05) is 11.6 Å².